The predicted octanol–water partition coefficient (Wildman–Crippen LogP) is 3.75. The molecule has 0 aliphatic heterocycles. The third-order valence-electron chi connectivity index (χ3n) is 3.04. The Hall–Kier alpha value is -2.47. The second-order valence-corrected chi connectivity index (χ2v) is 5.65. The highest BCUT2D eigenvalue weighted by Gasteiger charge is 2.12. The van der Waals surface area contributed by atoms with Gasteiger partial charge in [0, 0.05) is 23.7 Å². The van der Waals surface area contributed by atoms with Gasteiger partial charge in [0.25, 0.3) is 5.91 Å². The normalized spacial score (nSPS) is 11.8. The molecule has 2 rings (SSSR count). The lowest BCUT2D eigenvalue weighted by molar-refractivity contribution is 0.0949. The van der Waals surface area contributed by atoms with Crippen LogP contribution in [0, 0.1) is 0 Å². The smallest absolute Gasteiger partial charge is 0.270 e. The molecule has 5 nitrogen and oxygen atoms in total. The Morgan fingerprint density at radius 1 is 1.52 bits per heavy atom. The SMILES string of the molecule is C=C/C(=C\C=C/C)n1cc(-c2nc(C(=O)NCCC)cs2)cn1. The van der Waals surface area contributed by atoms with Crippen molar-refractivity contribution in [1.82, 2.24) is 20.1 Å². The van der Waals surface area contributed by atoms with Crippen LogP contribution in [-0.4, -0.2) is 27.2 Å². The van der Waals surface area contributed by atoms with E-state index >= 15 is 0 Å². The molecule has 0 atom stereocenters. The monoisotopic (exact) mass is 328 g/mol. The number of carbonyl (C=O) groups excluding carboxylic acids is 1. The summed E-state index contributed by atoms with van der Waals surface area (Å²) >= 11 is 1.43. The largest absolute Gasteiger partial charge is 0.351 e. The lowest BCUT2D eigenvalue weighted by Crippen LogP contribution is -2.24. The van der Waals surface area contributed by atoms with Crippen LogP contribution in [0.2, 0.25) is 0 Å². The van der Waals surface area contributed by atoms with Crippen molar-refractivity contribution in [2.75, 3.05) is 6.54 Å². The Kier molecular flexibility index (Phi) is 6.05. The standard InChI is InChI=1S/C17H20N4OS/c1-4-7-8-14(6-3)21-11-13(10-19-21)17-20-15(12-23-17)16(22)18-9-5-2/h4,6-8,10-12H,3,5,9H2,1-2H3,(H,18,22)/b7-4-,14-8+. The number of hydrogen-bond acceptors (Lipinski definition) is 4. The second-order valence-electron chi connectivity index (χ2n) is 4.79. The highest BCUT2D eigenvalue weighted by molar-refractivity contribution is 7.13. The average Bonchev–Trinajstić information content (AvgIpc) is 3.22. The molecule has 0 unspecified atom stereocenters. The van der Waals surface area contributed by atoms with Gasteiger partial charge in [-0.05, 0) is 25.5 Å². The zero-order chi connectivity index (χ0) is 16.7. The molecule has 0 aliphatic rings. The molecule has 0 aromatic carbocycles. The van der Waals surface area contributed by atoms with Crippen LogP contribution in [0.1, 0.15) is 30.8 Å². The third-order valence-corrected chi connectivity index (χ3v) is 3.93. The van der Waals surface area contributed by atoms with Gasteiger partial charge in [-0.2, -0.15) is 5.10 Å². The molecule has 0 bridgehead atoms. The number of aromatic nitrogens is 3. The molecule has 0 saturated carbocycles. The van der Waals surface area contributed by atoms with Gasteiger partial charge in [-0.1, -0.05) is 25.7 Å². The Morgan fingerprint density at radius 2 is 2.35 bits per heavy atom. The average molecular weight is 328 g/mol. The lowest BCUT2D eigenvalue weighted by Gasteiger charge is -1.99. The maximum Gasteiger partial charge on any atom is 0.270 e. The first-order chi connectivity index (χ1) is 11.2. The summed E-state index contributed by atoms with van der Waals surface area (Å²) in [5.41, 5.74) is 2.18. The highest BCUT2D eigenvalue weighted by Crippen LogP contribution is 2.24. The van der Waals surface area contributed by atoms with Crippen LogP contribution in [0.15, 0.2) is 48.7 Å². The molecule has 0 fully saturated rings. The number of hydrogen-bond donors (Lipinski definition) is 1. The van der Waals surface area contributed by atoms with Gasteiger partial charge in [-0.25, -0.2) is 9.67 Å². The quantitative estimate of drug-likeness (QED) is 0.788. The van der Waals surface area contributed by atoms with Gasteiger partial charge in [0.2, 0.25) is 0 Å². The van der Waals surface area contributed by atoms with E-state index in [0.717, 1.165) is 22.7 Å². The van der Waals surface area contributed by atoms with Crippen LogP contribution in [0.3, 0.4) is 0 Å². The Labute approximate surface area is 140 Å². The predicted molar refractivity (Wildman–Crippen MR) is 95.2 cm³/mol. The number of nitrogens with one attached hydrogen (secondary N) is 1. The minimum absolute atomic E-state index is 0.137. The van der Waals surface area contributed by atoms with E-state index in [2.05, 4.69) is 22.0 Å². The topological polar surface area (TPSA) is 59.8 Å². The van der Waals surface area contributed by atoms with Gasteiger partial charge < -0.3 is 5.32 Å². The molecule has 2 aromatic rings. The molecular weight excluding hydrogens is 308 g/mol. The maximum atomic E-state index is 11.9. The van der Waals surface area contributed by atoms with Crippen molar-refractivity contribution in [3.63, 3.8) is 0 Å². The van der Waals surface area contributed by atoms with Crippen LogP contribution >= 0.6 is 11.3 Å². The summed E-state index contributed by atoms with van der Waals surface area (Å²) in [5.74, 6) is -0.137. The summed E-state index contributed by atoms with van der Waals surface area (Å²) in [4.78, 5) is 16.3. The molecule has 120 valence electrons. The minimum atomic E-state index is -0.137. The van der Waals surface area contributed by atoms with Crippen LogP contribution in [0.5, 0.6) is 0 Å². The summed E-state index contributed by atoms with van der Waals surface area (Å²) < 4.78 is 1.74. The van der Waals surface area contributed by atoms with E-state index in [4.69, 9.17) is 0 Å². The van der Waals surface area contributed by atoms with Crippen molar-refractivity contribution in [2.45, 2.75) is 20.3 Å². The van der Waals surface area contributed by atoms with Crippen molar-refractivity contribution < 1.29 is 4.79 Å². The second kappa shape index (κ2) is 8.24. The number of nitrogens with zero attached hydrogens (tertiary/aromatic N) is 3. The van der Waals surface area contributed by atoms with Gasteiger partial charge in [0.15, 0.2) is 0 Å². The Balaban J connectivity index is 2.19. The van der Waals surface area contributed by atoms with E-state index in [-0.39, 0.29) is 5.91 Å². The van der Waals surface area contributed by atoms with E-state index in [1.165, 1.54) is 11.3 Å². The van der Waals surface area contributed by atoms with Crippen molar-refractivity contribution in [3.05, 3.63) is 54.4 Å². The zero-order valence-corrected chi connectivity index (χ0v) is 14.1. The van der Waals surface area contributed by atoms with Gasteiger partial charge >= 0.3 is 0 Å². The number of amides is 1. The molecular formula is C17H20N4OS. The van der Waals surface area contributed by atoms with Gasteiger partial charge in [-0.3, -0.25) is 4.79 Å². The van der Waals surface area contributed by atoms with Gasteiger partial charge in [0.05, 0.1) is 11.9 Å². The molecule has 0 aliphatic carbocycles. The summed E-state index contributed by atoms with van der Waals surface area (Å²) in [6.07, 6.45) is 12.0. The fraction of sp³-hybridized carbons (Fsp3) is 0.235. The first-order valence-corrected chi connectivity index (χ1v) is 8.32. The van der Waals surface area contributed by atoms with Crippen LogP contribution in [-0.2, 0) is 0 Å². The molecule has 0 radical (unpaired) electrons. The summed E-state index contributed by atoms with van der Waals surface area (Å²) in [5, 5.41) is 9.69. The van der Waals surface area contributed by atoms with E-state index in [0.29, 0.717) is 12.2 Å². The van der Waals surface area contributed by atoms with Crippen LogP contribution in [0.4, 0.5) is 0 Å². The lowest BCUT2D eigenvalue weighted by atomic mass is 10.3. The molecule has 0 saturated heterocycles. The molecule has 1 amide bonds. The van der Waals surface area contributed by atoms with Gasteiger partial charge in [0.1, 0.15) is 10.7 Å². The Morgan fingerprint density at radius 3 is 3.04 bits per heavy atom. The minimum Gasteiger partial charge on any atom is -0.351 e. The number of carbonyl (C=O) groups is 1. The number of rotatable bonds is 7. The first kappa shape index (κ1) is 16.9. The molecule has 1 N–H and O–H groups in total. The van der Waals surface area contributed by atoms with Crippen LogP contribution < -0.4 is 5.32 Å². The molecule has 2 aromatic heterocycles. The zero-order valence-electron chi connectivity index (χ0n) is 13.3. The van der Waals surface area contributed by atoms with Crippen LogP contribution in [0.25, 0.3) is 16.3 Å². The summed E-state index contributed by atoms with van der Waals surface area (Å²) in [6.45, 7) is 8.42. The maximum absolute atomic E-state index is 11.9. The van der Waals surface area contributed by atoms with Crippen molar-refractivity contribution >= 4 is 22.9 Å². The fourth-order valence-corrected chi connectivity index (χ4v) is 2.62. The molecule has 23 heavy (non-hydrogen) atoms. The molecule has 0 spiro atoms. The molecule has 2 heterocycles. The fourth-order valence-electron chi connectivity index (χ4n) is 1.85. The van der Waals surface area contributed by atoms with E-state index < -0.39 is 0 Å². The summed E-state index contributed by atoms with van der Waals surface area (Å²) in [7, 11) is 0. The highest BCUT2D eigenvalue weighted by atomic mass is 32.1. The third kappa shape index (κ3) is 4.26. The van der Waals surface area contributed by atoms with Crippen molar-refractivity contribution in [3.8, 4) is 10.6 Å². The number of allylic oxidation sites excluding steroid dienone is 5. The molecule has 6 heteroatoms. The Bertz CT molecular complexity index is 739. The van der Waals surface area contributed by atoms with E-state index in [9.17, 15) is 4.79 Å². The summed E-state index contributed by atoms with van der Waals surface area (Å²) in [6, 6.07) is 0. The number of thiazole rings is 1. The van der Waals surface area contributed by atoms with E-state index in [1.54, 1.807) is 22.3 Å². The first-order valence-electron chi connectivity index (χ1n) is 7.44. The van der Waals surface area contributed by atoms with Crippen molar-refractivity contribution in [2.24, 2.45) is 0 Å². The van der Waals surface area contributed by atoms with Gasteiger partial charge in [-0.15, -0.1) is 11.3 Å². The van der Waals surface area contributed by atoms with E-state index in [1.807, 2.05) is 38.3 Å². The van der Waals surface area contributed by atoms with Crippen molar-refractivity contribution in [1.29, 1.82) is 0 Å².